The van der Waals surface area contributed by atoms with Crippen LogP contribution in [-0.4, -0.2) is 49.3 Å². The van der Waals surface area contributed by atoms with Crippen LogP contribution in [0.5, 0.6) is 0 Å². The fourth-order valence-electron chi connectivity index (χ4n) is 1.88. The fraction of sp³-hybridized carbons (Fsp3) is 0.583. The Morgan fingerprint density at radius 3 is 3.12 bits per heavy atom. The molecule has 1 aromatic heterocycles. The van der Waals surface area contributed by atoms with Crippen molar-refractivity contribution in [3.05, 3.63) is 17.8 Å². The first-order chi connectivity index (χ1) is 8.15. The van der Waals surface area contributed by atoms with Gasteiger partial charge in [-0.1, -0.05) is 0 Å². The number of nitrogens with one attached hydrogen (secondary N) is 1. The van der Waals surface area contributed by atoms with Gasteiger partial charge >= 0.3 is 0 Å². The van der Waals surface area contributed by atoms with E-state index in [0.29, 0.717) is 0 Å². The third-order valence-corrected chi connectivity index (χ3v) is 2.98. The van der Waals surface area contributed by atoms with Crippen molar-refractivity contribution in [1.29, 1.82) is 0 Å². The van der Waals surface area contributed by atoms with Gasteiger partial charge in [-0.2, -0.15) is 0 Å². The van der Waals surface area contributed by atoms with Gasteiger partial charge in [-0.25, -0.2) is 4.98 Å². The number of morpholine rings is 1. The monoisotopic (exact) mass is 236 g/mol. The largest absolute Gasteiger partial charge is 0.397 e. The first kappa shape index (κ1) is 12.1. The van der Waals surface area contributed by atoms with Gasteiger partial charge in [-0.3, -0.25) is 0 Å². The SMILES string of the molecule is Cc1nc(NCC2CN(C)CCO2)ccc1N. The molecule has 3 N–H and O–H groups in total. The second-order valence-electron chi connectivity index (χ2n) is 4.51. The molecule has 0 amide bonds. The minimum atomic E-state index is 0.230. The van der Waals surface area contributed by atoms with Gasteiger partial charge in [0.1, 0.15) is 5.82 Å². The molecule has 1 unspecified atom stereocenters. The maximum absolute atomic E-state index is 5.72. The zero-order valence-electron chi connectivity index (χ0n) is 10.4. The Bertz CT molecular complexity index is 383. The van der Waals surface area contributed by atoms with E-state index < -0.39 is 0 Å². The lowest BCUT2D eigenvalue weighted by atomic mass is 10.2. The molecule has 1 fully saturated rings. The van der Waals surface area contributed by atoms with Crippen LogP contribution in [0.25, 0.3) is 0 Å². The van der Waals surface area contributed by atoms with Gasteiger partial charge in [0.2, 0.25) is 0 Å². The molecule has 1 saturated heterocycles. The van der Waals surface area contributed by atoms with Crippen LogP contribution in [0.15, 0.2) is 12.1 Å². The second kappa shape index (κ2) is 5.33. The average molecular weight is 236 g/mol. The van der Waals surface area contributed by atoms with Crippen LogP contribution in [0, 0.1) is 6.92 Å². The van der Waals surface area contributed by atoms with Crippen LogP contribution in [0.3, 0.4) is 0 Å². The number of rotatable bonds is 3. The molecular weight excluding hydrogens is 216 g/mol. The molecule has 0 spiro atoms. The normalized spacial score (nSPS) is 21.4. The number of anilines is 2. The van der Waals surface area contributed by atoms with Gasteiger partial charge in [-0.15, -0.1) is 0 Å². The molecule has 17 heavy (non-hydrogen) atoms. The number of ether oxygens (including phenoxy) is 1. The Hall–Kier alpha value is -1.33. The summed E-state index contributed by atoms with van der Waals surface area (Å²) in [5, 5.41) is 3.28. The number of nitrogens with zero attached hydrogens (tertiary/aromatic N) is 2. The Kier molecular flexibility index (Phi) is 3.81. The maximum atomic E-state index is 5.72. The molecule has 94 valence electrons. The quantitative estimate of drug-likeness (QED) is 0.809. The van der Waals surface area contributed by atoms with E-state index in [4.69, 9.17) is 10.5 Å². The Morgan fingerprint density at radius 1 is 1.59 bits per heavy atom. The summed E-state index contributed by atoms with van der Waals surface area (Å²) in [6.45, 7) is 5.46. The predicted molar refractivity (Wildman–Crippen MR) is 69.1 cm³/mol. The number of aryl methyl sites for hydroxylation is 1. The smallest absolute Gasteiger partial charge is 0.126 e. The summed E-state index contributed by atoms with van der Waals surface area (Å²) < 4.78 is 5.67. The fourth-order valence-corrected chi connectivity index (χ4v) is 1.88. The molecule has 0 aliphatic carbocycles. The second-order valence-corrected chi connectivity index (χ2v) is 4.51. The van der Waals surface area contributed by atoms with E-state index in [1.54, 1.807) is 0 Å². The molecule has 2 heterocycles. The highest BCUT2D eigenvalue weighted by Gasteiger charge is 2.17. The van der Waals surface area contributed by atoms with Gasteiger partial charge in [0.15, 0.2) is 0 Å². The van der Waals surface area contributed by atoms with E-state index in [-0.39, 0.29) is 6.10 Å². The average Bonchev–Trinajstić information content (AvgIpc) is 2.31. The van der Waals surface area contributed by atoms with Crippen molar-refractivity contribution < 1.29 is 4.74 Å². The van der Waals surface area contributed by atoms with Crippen LogP contribution in [0.4, 0.5) is 11.5 Å². The van der Waals surface area contributed by atoms with Crippen molar-refractivity contribution in [2.75, 3.05) is 44.3 Å². The van der Waals surface area contributed by atoms with Gasteiger partial charge < -0.3 is 20.7 Å². The number of likely N-dealkylation sites (N-methyl/N-ethyl adjacent to an activating group) is 1. The molecule has 1 aliphatic heterocycles. The minimum absolute atomic E-state index is 0.230. The summed E-state index contributed by atoms with van der Waals surface area (Å²) in [6.07, 6.45) is 0.230. The first-order valence-electron chi connectivity index (χ1n) is 5.92. The molecule has 0 aromatic carbocycles. The highest BCUT2D eigenvalue weighted by atomic mass is 16.5. The minimum Gasteiger partial charge on any atom is -0.397 e. The van der Waals surface area contributed by atoms with Gasteiger partial charge in [0, 0.05) is 19.6 Å². The van der Waals surface area contributed by atoms with Crippen LogP contribution >= 0.6 is 0 Å². The van der Waals surface area contributed by atoms with Crippen LogP contribution in [0.2, 0.25) is 0 Å². The highest BCUT2D eigenvalue weighted by molar-refractivity contribution is 5.49. The number of aromatic nitrogens is 1. The summed E-state index contributed by atoms with van der Waals surface area (Å²) >= 11 is 0. The van der Waals surface area contributed by atoms with E-state index >= 15 is 0 Å². The van der Waals surface area contributed by atoms with Crippen molar-refractivity contribution in [3.8, 4) is 0 Å². The van der Waals surface area contributed by atoms with E-state index in [2.05, 4.69) is 22.2 Å². The molecule has 1 aliphatic rings. The Morgan fingerprint density at radius 2 is 2.41 bits per heavy atom. The standard InChI is InChI=1S/C12H20N4O/c1-9-11(13)3-4-12(15-9)14-7-10-8-16(2)5-6-17-10/h3-4,10H,5-8,13H2,1-2H3,(H,14,15). The lowest BCUT2D eigenvalue weighted by Crippen LogP contribution is -2.43. The summed E-state index contributed by atoms with van der Waals surface area (Å²) in [7, 11) is 2.11. The van der Waals surface area contributed by atoms with E-state index in [0.717, 1.165) is 43.4 Å². The van der Waals surface area contributed by atoms with Crippen molar-refractivity contribution in [2.24, 2.45) is 0 Å². The first-order valence-corrected chi connectivity index (χ1v) is 5.92. The third kappa shape index (κ3) is 3.31. The topological polar surface area (TPSA) is 63.4 Å². The molecule has 5 nitrogen and oxygen atoms in total. The van der Waals surface area contributed by atoms with E-state index in [1.807, 2.05) is 19.1 Å². The molecule has 0 bridgehead atoms. The summed E-state index contributed by atoms with van der Waals surface area (Å²) in [5.74, 6) is 0.855. The number of nitrogen functional groups attached to an aromatic ring is 1. The zero-order valence-corrected chi connectivity index (χ0v) is 10.4. The van der Waals surface area contributed by atoms with Crippen molar-refractivity contribution in [2.45, 2.75) is 13.0 Å². The number of hydrogen-bond donors (Lipinski definition) is 2. The molecule has 0 saturated carbocycles. The Labute approximate surface area is 102 Å². The van der Waals surface area contributed by atoms with E-state index in [1.165, 1.54) is 0 Å². The van der Waals surface area contributed by atoms with Crippen molar-refractivity contribution >= 4 is 11.5 Å². The predicted octanol–water partition coefficient (Wildman–Crippen LogP) is 0.715. The Balaban J connectivity index is 1.86. The summed E-state index contributed by atoms with van der Waals surface area (Å²) in [6, 6.07) is 3.77. The maximum Gasteiger partial charge on any atom is 0.126 e. The van der Waals surface area contributed by atoms with Gasteiger partial charge in [-0.05, 0) is 26.1 Å². The van der Waals surface area contributed by atoms with Gasteiger partial charge in [0.25, 0.3) is 0 Å². The van der Waals surface area contributed by atoms with Crippen LogP contribution in [0.1, 0.15) is 5.69 Å². The molecule has 0 radical (unpaired) electrons. The van der Waals surface area contributed by atoms with E-state index in [9.17, 15) is 0 Å². The van der Waals surface area contributed by atoms with Crippen LogP contribution < -0.4 is 11.1 Å². The van der Waals surface area contributed by atoms with Crippen molar-refractivity contribution in [3.63, 3.8) is 0 Å². The lowest BCUT2D eigenvalue weighted by molar-refractivity contribution is -0.0117. The molecular formula is C12H20N4O. The summed E-state index contributed by atoms with van der Waals surface area (Å²) in [4.78, 5) is 6.65. The summed E-state index contributed by atoms with van der Waals surface area (Å²) in [5.41, 5.74) is 7.31. The highest BCUT2D eigenvalue weighted by Crippen LogP contribution is 2.12. The zero-order chi connectivity index (χ0) is 12.3. The number of pyridine rings is 1. The number of nitrogens with two attached hydrogens (primary N) is 1. The lowest BCUT2D eigenvalue weighted by Gasteiger charge is -2.30. The molecule has 2 rings (SSSR count). The molecule has 1 aromatic rings. The van der Waals surface area contributed by atoms with Gasteiger partial charge in [0.05, 0.1) is 24.1 Å². The van der Waals surface area contributed by atoms with Crippen LogP contribution in [-0.2, 0) is 4.74 Å². The molecule has 5 heteroatoms. The molecule has 1 atom stereocenters. The number of hydrogen-bond acceptors (Lipinski definition) is 5. The van der Waals surface area contributed by atoms with Crippen molar-refractivity contribution in [1.82, 2.24) is 9.88 Å². The third-order valence-electron chi connectivity index (χ3n) is 2.98.